The summed E-state index contributed by atoms with van der Waals surface area (Å²) in [7, 11) is 0. The van der Waals surface area contributed by atoms with Crippen molar-refractivity contribution in [3.63, 3.8) is 0 Å². The Bertz CT molecular complexity index is 1410. The minimum absolute atomic E-state index is 0.0692. The Morgan fingerprint density at radius 2 is 0.494 bits per heavy atom. The van der Waals surface area contributed by atoms with E-state index >= 15 is 0 Å². The van der Waals surface area contributed by atoms with Crippen LogP contribution in [0, 0.1) is 0 Å². The Morgan fingerprint density at radius 1 is 0.266 bits per heavy atom. The Balaban J connectivity index is 3.94. The van der Waals surface area contributed by atoms with Gasteiger partial charge in [0.2, 0.25) is 0 Å². The van der Waals surface area contributed by atoms with Gasteiger partial charge in [0.25, 0.3) is 0 Å². The first-order valence-electron chi connectivity index (χ1n) is 34.8. The normalized spacial score (nSPS) is 12.4. The van der Waals surface area contributed by atoms with Crippen LogP contribution in [0.2, 0.25) is 0 Å². The van der Waals surface area contributed by atoms with Crippen LogP contribution in [0.5, 0.6) is 0 Å². The molecule has 0 aromatic rings. The van der Waals surface area contributed by atoms with Crippen molar-refractivity contribution < 1.29 is 28.6 Å². The molecule has 0 aliphatic rings. The third-order valence-electron chi connectivity index (χ3n) is 15.5. The molecule has 0 aliphatic carbocycles. The summed E-state index contributed by atoms with van der Waals surface area (Å²) in [6.07, 6.45) is 87.4. The van der Waals surface area contributed by atoms with Gasteiger partial charge in [0.15, 0.2) is 6.10 Å². The van der Waals surface area contributed by atoms with Gasteiger partial charge in [-0.05, 0) is 64.2 Å². The van der Waals surface area contributed by atoms with E-state index in [4.69, 9.17) is 14.2 Å². The van der Waals surface area contributed by atoms with E-state index in [0.717, 1.165) is 96.3 Å². The number of carbonyl (C=O) groups is 3. The molecule has 6 heteroatoms. The zero-order valence-electron chi connectivity index (χ0n) is 52.9. The van der Waals surface area contributed by atoms with Crippen LogP contribution in [0.3, 0.4) is 0 Å². The molecule has 0 rings (SSSR count). The summed E-state index contributed by atoms with van der Waals surface area (Å²) < 4.78 is 16.8. The lowest BCUT2D eigenvalue weighted by Crippen LogP contribution is -2.30. The number of esters is 3. The first-order chi connectivity index (χ1) is 39.0. The largest absolute Gasteiger partial charge is 0.462 e. The maximum Gasteiger partial charge on any atom is 0.306 e. The van der Waals surface area contributed by atoms with Gasteiger partial charge in [-0.1, -0.05) is 345 Å². The lowest BCUT2D eigenvalue weighted by Gasteiger charge is -2.18. The predicted molar refractivity (Wildman–Crippen MR) is 344 cm³/mol. The molecule has 0 heterocycles. The zero-order valence-corrected chi connectivity index (χ0v) is 52.9. The van der Waals surface area contributed by atoms with Gasteiger partial charge in [0, 0.05) is 19.3 Å². The van der Waals surface area contributed by atoms with Crippen molar-refractivity contribution in [1.82, 2.24) is 0 Å². The van der Waals surface area contributed by atoms with Crippen LogP contribution in [0.25, 0.3) is 0 Å². The van der Waals surface area contributed by atoms with E-state index in [-0.39, 0.29) is 31.1 Å². The average Bonchev–Trinajstić information content (AvgIpc) is 3.45. The fourth-order valence-corrected chi connectivity index (χ4v) is 10.4. The fraction of sp³-hybridized carbons (Fsp3) is 0.822. The number of ether oxygens (including phenoxy) is 3. The second-order valence-corrected chi connectivity index (χ2v) is 23.4. The van der Waals surface area contributed by atoms with Gasteiger partial charge in [-0.25, -0.2) is 0 Å². The summed E-state index contributed by atoms with van der Waals surface area (Å²) in [6.45, 7) is 6.50. The van der Waals surface area contributed by atoms with E-state index in [1.165, 1.54) is 231 Å². The summed E-state index contributed by atoms with van der Waals surface area (Å²) in [5.41, 5.74) is 0. The lowest BCUT2D eigenvalue weighted by atomic mass is 10.0. The van der Waals surface area contributed by atoms with E-state index in [1.54, 1.807) is 0 Å². The first-order valence-corrected chi connectivity index (χ1v) is 34.8. The van der Waals surface area contributed by atoms with Crippen LogP contribution in [0.1, 0.15) is 367 Å². The highest BCUT2D eigenvalue weighted by Crippen LogP contribution is 2.18. The van der Waals surface area contributed by atoms with Gasteiger partial charge < -0.3 is 14.2 Å². The summed E-state index contributed by atoms with van der Waals surface area (Å²) in [4.78, 5) is 38.0. The highest BCUT2D eigenvalue weighted by Gasteiger charge is 2.19. The second-order valence-electron chi connectivity index (χ2n) is 23.4. The number of rotatable bonds is 64. The molecule has 1 atom stereocenters. The molecule has 0 N–H and O–H groups in total. The van der Waals surface area contributed by atoms with Crippen LogP contribution in [-0.2, 0) is 28.6 Å². The molecule has 79 heavy (non-hydrogen) atoms. The Labute approximate surface area is 491 Å². The molecule has 0 aromatic heterocycles. The molecule has 0 saturated carbocycles. The molecule has 6 nitrogen and oxygen atoms in total. The van der Waals surface area contributed by atoms with E-state index in [9.17, 15) is 14.4 Å². The molecule has 0 aliphatic heterocycles. The van der Waals surface area contributed by atoms with Gasteiger partial charge >= 0.3 is 17.9 Å². The number of allylic oxidation sites excluding steroid dienone is 10. The van der Waals surface area contributed by atoms with Crippen molar-refractivity contribution in [2.24, 2.45) is 0 Å². The Kier molecular flexibility index (Phi) is 65.1. The predicted octanol–water partition coefficient (Wildman–Crippen LogP) is 23.9. The van der Waals surface area contributed by atoms with Crippen molar-refractivity contribution in [3.8, 4) is 0 Å². The Morgan fingerprint density at radius 3 is 0.772 bits per heavy atom. The summed E-state index contributed by atoms with van der Waals surface area (Å²) in [5, 5.41) is 0. The highest BCUT2D eigenvalue weighted by atomic mass is 16.6. The van der Waals surface area contributed by atoms with E-state index in [1.807, 2.05) is 0 Å². The number of hydrogen-bond donors (Lipinski definition) is 0. The quantitative estimate of drug-likeness (QED) is 0.0261. The van der Waals surface area contributed by atoms with Gasteiger partial charge in [0.05, 0.1) is 0 Å². The molecule has 0 saturated heterocycles. The Hall–Kier alpha value is -2.89. The zero-order chi connectivity index (χ0) is 57.1. The average molecular weight is 1110 g/mol. The first kappa shape index (κ1) is 76.1. The summed E-state index contributed by atoms with van der Waals surface area (Å²) in [5.74, 6) is -0.861. The second kappa shape index (κ2) is 67.6. The van der Waals surface area contributed by atoms with Gasteiger partial charge in [-0.15, -0.1) is 0 Å². The van der Waals surface area contributed by atoms with Crippen molar-refractivity contribution in [2.75, 3.05) is 13.2 Å². The highest BCUT2D eigenvalue weighted by molar-refractivity contribution is 5.71. The summed E-state index contributed by atoms with van der Waals surface area (Å²) >= 11 is 0. The number of unbranched alkanes of at least 4 members (excludes halogenated alkanes) is 43. The van der Waals surface area contributed by atoms with E-state index in [2.05, 4.69) is 81.5 Å². The third-order valence-corrected chi connectivity index (χ3v) is 15.5. The minimum atomic E-state index is -0.768. The lowest BCUT2D eigenvalue weighted by molar-refractivity contribution is -0.167. The van der Waals surface area contributed by atoms with Crippen molar-refractivity contribution >= 4 is 17.9 Å². The SMILES string of the molecule is CC/C=C\C/C=C\C/C=C\C/C=C\C/C=C\CCCCCCCCCCCCCCCCCC(=O)OCC(COC(=O)CCCCCCC)OC(=O)CCCCCCCCCCCCCCCCCCCCCCCCCCC. The van der Waals surface area contributed by atoms with Crippen LogP contribution < -0.4 is 0 Å². The molecule has 460 valence electrons. The smallest absolute Gasteiger partial charge is 0.306 e. The van der Waals surface area contributed by atoms with Crippen LogP contribution in [0.4, 0.5) is 0 Å². The maximum absolute atomic E-state index is 12.9. The van der Waals surface area contributed by atoms with Crippen LogP contribution in [0.15, 0.2) is 60.8 Å². The third kappa shape index (κ3) is 65.8. The maximum atomic E-state index is 12.9. The van der Waals surface area contributed by atoms with Crippen molar-refractivity contribution in [2.45, 2.75) is 374 Å². The van der Waals surface area contributed by atoms with Crippen molar-refractivity contribution in [3.05, 3.63) is 60.8 Å². The molecule has 0 fully saturated rings. The molecule has 0 radical (unpaired) electrons. The minimum Gasteiger partial charge on any atom is -0.462 e. The van der Waals surface area contributed by atoms with Crippen LogP contribution >= 0.6 is 0 Å². The summed E-state index contributed by atoms with van der Waals surface area (Å²) in [6, 6.07) is 0. The fourth-order valence-electron chi connectivity index (χ4n) is 10.4. The number of hydrogen-bond acceptors (Lipinski definition) is 6. The molecule has 0 spiro atoms. The van der Waals surface area contributed by atoms with Crippen molar-refractivity contribution in [1.29, 1.82) is 0 Å². The molecule has 0 amide bonds. The van der Waals surface area contributed by atoms with Gasteiger partial charge in [-0.3, -0.25) is 14.4 Å². The molecular weight excluding hydrogens is 973 g/mol. The molecule has 1 unspecified atom stereocenters. The molecular formula is C73H132O6. The van der Waals surface area contributed by atoms with E-state index in [0.29, 0.717) is 19.3 Å². The standard InChI is InChI=1S/C73H132O6/c1-4-7-10-13-15-17-19-21-23-25-27-29-31-33-34-35-36-37-38-40-41-43-45-47-49-51-53-55-57-60-63-66-72(75)78-69-70(68-77-71(74)65-62-59-12-9-6-3)79-73(76)67-64-61-58-56-54-52-50-48-46-44-42-39-32-30-28-26-24-22-20-18-16-14-11-8-5-2/h7,10,15,17,21,23,27,29,33-34,70H,4-6,8-9,11-14,16,18-20,22,24-26,28,30-32,35-69H2,1-3H3/b10-7-,17-15-,23-21-,29-27-,34-33-. The molecule has 0 aromatic carbocycles. The van der Waals surface area contributed by atoms with Gasteiger partial charge in [-0.2, -0.15) is 0 Å². The number of carbonyl (C=O) groups excluding carboxylic acids is 3. The van der Waals surface area contributed by atoms with Gasteiger partial charge in [0.1, 0.15) is 13.2 Å². The van der Waals surface area contributed by atoms with Crippen LogP contribution in [-0.4, -0.2) is 37.2 Å². The van der Waals surface area contributed by atoms with E-state index < -0.39 is 6.10 Å². The molecule has 0 bridgehead atoms. The monoisotopic (exact) mass is 1110 g/mol. The topological polar surface area (TPSA) is 78.9 Å².